The Morgan fingerprint density at radius 3 is 2.78 bits per heavy atom. The molecule has 96 valence electrons. The molecule has 2 rings (SSSR count). The third-order valence-corrected chi connectivity index (χ3v) is 2.90. The number of carbonyl (C=O) groups is 1. The highest BCUT2D eigenvalue weighted by atomic mass is 16.8. The summed E-state index contributed by atoms with van der Waals surface area (Å²) in [7, 11) is 0. The van der Waals surface area contributed by atoms with Crippen LogP contribution in [0.5, 0.6) is 0 Å². The van der Waals surface area contributed by atoms with E-state index in [1.807, 2.05) is 19.9 Å². The molecule has 0 aliphatic carbocycles. The molecule has 0 N–H and O–H groups in total. The fourth-order valence-electron chi connectivity index (χ4n) is 1.88. The van der Waals surface area contributed by atoms with Gasteiger partial charge in [-0.2, -0.15) is 0 Å². The van der Waals surface area contributed by atoms with Gasteiger partial charge in [0.25, 0.3) is 0 Å². The standard InChI is InChI=1S/C14H17NO3/c1-4-12-10-17-14(2,3)15(12)18-13(16)11-8-6-5-7-9-11/h4-9,12H,1,10H2,2-3H3/t12-/m0/s1. The van der Waals surface area contributed by atoms with Crippen LogP contribution in [0.1, 0.15) is 24.2 Å². The van der Waals surface area contributed by atoms with E-state index < -0.39 is 5.72 Å². The molecule has 0 saturated carbocycles. The van der Waals surface area contributed by atoms with Crippen molar-refractivity contribution in [3.8, 4) is 0 Å². The average Bonchev–Trinajstić information content (AvgIpc) is 2.66. The largest absolute Gasteiger partial charge is 0.360 e. The molecule has 1 aliphatic heterocycles. The Bertz CT molecular complexity index is 442. The summed E-state index contributed by atoms with van der Waals surface area (Å²) >= 11 is 0. The Morgan fingerprint density at radius 1 is 1.50 bits per heavy atom. The Balaban J connectivity index is 2.13. The zero-order valence-corrected chi connectivity index (χ0v) is 10.6. The highest BCUT2D eigenvalue weighted by Crippen LogP contribution is 2.28. The van der Waals surface area contributed by atoms with Crippen molar-refractivity contribution in [1.29, 1.82) is 0 Å². The highest BCUT2D eigenvalue weighted by molar-refractivity contribution is 5.89. The quantitative estimate of drug-likeness (QED) is 0.769. The minimum atomic E-state index is -0.636. The van der Waals surface area contributed by atoms with E-state index in [1.165, 1.54) is 0 Å². The molecule has 1 aromatic carbocycles. The van der Waals surface area contributed by atoms with Gasteiger partial charge < -0.3 is 9.57 Å². The maximum Gasteiger partial charge on any atom is 0.357 e. The summed E-state index contributed by atoms with van der Waals surface area (Å²) in [4.78, 5) is 17.4. The van der Waals surface area contributed by atoms with Crippen LogP contribution in [0.4, 0.5) is 0 Å². The number of rotatable bonds is 3. The number of hydrogen-bond donors (Lipinski definition) is 0. The second-order valence-electron chi connectivity index (χ2n) is 4.63. The first-order chi connectivity index (χ1) is 8.54. The van der Waals surface area contributed by atoms with Crippen molar-refractivity contribution < 1.29 is 14.4 Å². The summed E-state index contributed by atoms with van der Waals surface area (Å²) in [6, 6.07) is 8.77. The average molecular weight is 247 g/mol. The smallest absolute Gasteiger partial charge is 0.357 e. The minimum absolute atomic E-state index is 0.118. The van der Waals surface area contributed by atoms with Crippen LogP contribution in [-0.2, 0) is 9.57 Å². The SMILES string of the molecule is C=C[C@H]1COC(C)(C)N1OC(=O)c1ccccc1. The Hall–Kier alpha value is -1.65. The number of nitrogens with zero attached hydrogens (tertiary/aromatic N) is 1. The summed E-state index contributed by atoms with van der Waals surface area (Å²) in [6.07, 6.45) is 1.72. The maximum absolute atomic E-state index is 12.0. The predicted molar refractivity (Wildman–Crippen MR) is 67.7 cm³/mol. The van der Waals surface area contributed by atoms with E-state index in [0.29, 0.717) is 12.2 Å². The lowest BCUT2D eigenvalue weighted by Crippen LogP contribution is -2.44. The molecular formula is C14H17NO3. The van der Waals surface area contributed by atoms with Crippen LogP contribution in [-0.4, -0.2) is 29.4 Å². The summed E-state index contributed by atoms with van der Waals surface area (Å²) in [5.41, 5.74) is -0.119. The molecule has 1 saturated heterocycles. The van der Waals surface area contributed by atoms with Crippen molar-refractivity contribution in [3.63, 3.8) is 0 Å². The van der Waals surface area contributed by atoms with Gasteiger partial charge in [0.2, 0.25) is 0 Å². The van der Waals surface area contributed by atoms with E-state index in [1.54, 1.807) is 35.4 Å². The zero-order chi connectivity index (χ0) is 13.2. The van der Waals surface area contributed by atoms with E-state index in [2.05, 4.69) is 6.58 Å². The van der Waals surface area contributed by atoms with E-state index in [9.17, 15) is 4.79 Å². The van der Waals surface area contributed by atoms with Gasteiger partial charge >= 0.3 is 5.97 Å². The molecule has 1 aliphatic rings. The third-order valence-electron chi connectivity index (χ3n) is 2.90. The number of benzene rings is 1. The Kier molecular flexibility index (Phi) is 3.50. The molecule has 1 heterocycles. The van der Waals surface area contributed by atoms with Crippen molar-refractivity contribution in [2.75, 3.05) is 6.61 Å². The van der Waals surface area contributed by atoms with Gasteiger partial charge in [-0.3, -0.25) is 0 Å². The summed E-state index contributed by atoms with van der Waals surface area (Å²) in [6.45, 7) is 7.91. The van der Waals surface area contributed by atoms with Gasteiger partial charge in [-0.25, -0.2) is 4.79 Å². The fourth-order valence-corrected chi connectivity index (χ4v) is 1.88. The second kappa shape index (κ2) is 4.92. The van der Waals surface area contributed by atoms with E-state index in [-0.39, 0.29) is 12.0 Å². The van der Waals surface area contributed by atoms with Gasteiger partial charge in [-0.05, 0) is 26.0 Å². The summed E-state index contributed by atoms with van der Waals surface area (Å²) in [5.74, 6) is -0.388. The predicted octanol–water partition coefficient (Wildman–Crippen LogP) is 2.38. The second-order valence-corrected chi connectivity index (χ2v) is 4.63. The molecule has 18 heavy (non-hydrogen) atoms. The molecule has 1 atom stereocenters. The lowest BCUT2D eigenvalue weighted by Gasteiger charge is -2.30. The van der Waals surface area contributed by atoms with E-state index >= 15 is 0 Å². The van der Waals surface area contributed by atoms with Crippen LogP contribution >= 0.6 is 0 Å². The number of ether oxygens (including phenoxy) is 1. The number of hydrogen-bond acceptors (Lipinski definition) is 4. The first kappa shape index (κ1) is 12.8. The molecule has 0 unspecified atom stereocenters. The highest BCUT2D eigenvalue weighted by Gasteiger charge is 2.42. The molecule has 0 bridgehead atoms. The zero-order valence-electron chi connectivity index (χ0n) is 10.6. The topological polar surface area (TPSA) is 38.8 Å². The Morgan fingerprint density at radius 2 is 2.17 bits per heavy atom. The first-order valence-corrected chi connectivity index (χ1v) is 5.88. The third kappa shape index (κ3) is 2.44. The van der Waals surface area contributed by atoms with E-state index in [4.69, 9.17) is 9.57 Å². The normalized spacial score (nSPS) is 22.7. The van der Waals surface area contributed by atoms with Gasteiger partial charge in [-0.15, -0.1) is 6.58 Å². The molecule has 0 spiro atoms. The molecule has 4 nitrogen and oxygen atoms in total. The van der Waals surface area contributed by atoms with Crippen LogP contribution in [0.2, 0.25) is 0 Å². The van der Waals surface area contributed by atoms with Crippen LogP contribution in [0.3, 0.4) is 0 Å². The number of carbonyl (C=O) groups excluding carboxylic acids is 1. The van der Waals surface area contributed by atoms with Crippen LogP contribution in [0, 0.1) is 0 Å². The Labute approximate surface area is 107 Å². The lowest BCUT2D eigenvalue weighted by molar-refractivity contribution is -0.214. The van der Waals surface area contributed by atoms with Gasteiger partial charge in [0.15, 0.2) is 0 Å². The molecule has 0 aromatic heterocycles. The van der Waals surface area contributed by atoms with Crippen LogP contribution < -0.4 is 0 Å². The van der Waals surface area contributed by atoms with Gasteiger partial charge in [0.05, 0.1) is 18.2 Å². The minimum Gasteiger partial charge on any atom is -0.360 e. The van der Waals surface area contributed by atoms with Gasteiger partial charge in [0, 0.05) is 0 Å². The lowest BCUT2D eigenvalue weighted by atomic mass is 10.2. The molecular weight excluding hydrogens is 230 g/mol. The van der Waals surface area contributed by atoms with Crippen LogP contribution in [0.25, 0.3) is 0 Å². The fraction of sp³-hybridized carbons (Fsp3) is 0.357. The maximum atomic E-state index is 12.0. The van der Waals surface area contributed by atoms with Gasteiger partial charge in [0.1, 0.15) is 5.72 Å². The first-order valence-electron chi connectivity index (χ1n) is 5.88. The van der Waals surface area contributed by atoms with Crippen LogP contribution in [0.15, 0.2) is 43.0 Å². The monoisotopic (exact) mass is 247 g/mol. The number of hydroxylamine groups is 2. The van der Waals surface area contributed by atoms with Crippen molar-refractivity contribution in [3.05, 3.63) is 48.6 Å². The molecule has 0 radical (unpaired) electrons. The van der Waals surface area contributed by atoms with Gasteiger partial charge in [-0.1, -0.05) is 29.3 Å². The summed E-state index contributed by atoms with van der Waals surface area (Å²) < 4.78 is 5.57. The molecule has 1 fully saturated rings. The van der Waals surface area contributed by atoms with Crippen molar-refractivity contribution in [2.45, 2.75) is 25.6 Å². The molecule has 1 aromatic rings. The molecule has 4 heteroatoms. The van der Waals surface area contributed by atoms with Crippen molar-refractivity contribution in [1.82, 2.24) is 5.06 Å². The summed E-state index contributed by atoms with van der Waals surface area (Å²) in [5, 5.41) is 1.55. The molecule has 0 amide bonds. The van der Waals surface area contributed by atoms with E-state index in [0.717, 1.165) is 0 Å². The van der Waals surface area contributed by atoms with Crippen molar-refractivity contribution >= 4 is 5.97 Å². The van der Waals surface area contributed by atoms with Crippen molar-refractivity contribution in [2.24, 2.45) is 0 Å².